The van der Waals surface area contributed by atoms with E-state index in [0.29, 0.717) is 5.02 Å². The summed E-state index contributed by atoms with van der Waals surface area (Å²) in [6.45, 7) is 2.04. The number of aryl methyl sites for hydroxylation is 1. The lowest BCUT2D eigenvalue weighted by atomic mass is 10.2. The Balaban J connectivity index is 2.16. The molecule has 0 bridgehead atoms. The maximum atomic E-state index is 9.40. The van der Waals surface area contributed by atoms with Crippen molar-refractivity contribution in [3.8, 4) is 17.1 Å². The van der Waals surface area contributed by atoms with E-state index in [0.717, 1.165) is 22.4 Å². The number of aromatic amines is 1. The first-order valence-corrected chi connectivity index (χ1v) is 5.96. The Labute approximate surface area is 109 Å². The van der Waals surface area contributed by atoms with Gasteiger partial charge in [-0.2, -0.15) is 0 Å². The van der Waals surface area contributed by atoms with E-state index in [1.54, 1.807) is 18.2 Å². The maximum absolute atomic E-state index is 9.40. The summed E-state index contributed by atoms with van der Waals surface area (Å²) in [6, 6.07) is 11.1. The molecule has 0 atom stereocenters. The lowest BCUT2D eigenvalue weighted by Crippen LogP contribution is -1.80. The second-order valence-electron chi connectivity index (χ2n) is 4.27. The van der Waals surface area contributed by atoms with Crippen LogP contribution in [0.25, 0.3) is 22.4 Å². The fourth-order valence-corrected chi connectivity index (χ4v) is 2.09. The van der Waals surface area contributed by atoms with Crippen molar-refractivity contribution in [2.45, 2.75) is 6.92 Å². The number of imidazole rings is 1. The van der Waals surface area contributed by atoms with E-state index in [1.165, 1.54) is 5.56 Å². The lowest BCUT2D eigenvalue weighted by Gasteiger charge is -1.99. The molecule has 3 aromatic rings. The molecule has 2 aromatic carbocycles. The summed E-state index contributed by atoms with van der Waals surface area (Å²) >= 11 is 5.90. The molecule has 2 N–H and O–H groups in total. The summed E-state index contributed by atoms with van der Waals surface area (Å²) < 4.78 is 0. The van der Waals surface area contributed by atoms with Gasteiger partial charge in [0.05, 0.1) is 16.1 Å². The number of aromatic hydroxyl groups is 1. The highest BCUT2D eigenvalue weighted by Crippen LogP contribution is 2.29. The number of phenols is 1. The number of rotatable bonds is 1. The first kappa shape index (κ1) is 11.1. The molecule has 1 aromatic heterocycles. The predicted octanol–water partition coefficient (Wildman–Crippen LogP) is 3.90. The van der Waals surface area contributed by atoms with E-state index in [2.05, 4.69) is 9.97 Å². The van der Waals surface area contributed by atoms with Crippen molar-refractivity contribution in [2.24, 2.45) is 0 Å². The third-order valence-corrected chi connectivity index (χ3v) is 3.16. The van der Waals surface area contributed by atoms with Gasteiger partial charge in [-0.3, -0.25) is 0 Å². The van der Waals surface area contributed by atoms with Crippen LogP contribution in [0.4, 0.5) is 0 Å². The lowest BCUT2D eigenvalue weighted by molar-refractivity contribution is 0.475. The zero-order valence-corrected chi connectivity index (χ0v) is 10.5. The number of benzene rings is 2. The molecular formula is C14H11ClN2O. The first-order chi connectivity index (χ1) is 8.63. The highest BCUT2D eigenvalue weighted by Gasteiger charge is 2.07. The van der Waals surface area contributed by atoms with Crippen molar-refractivity contribution in [1.29, 1.82) is 0 Å². The molecule has 0 aliphatic rings. The Morgan fingerprint density at radius 1 is 1.17 bits per heavy atom. The van der Waals surface area contributed by atoms with E-state index in [9.17, 15) is 5.11 Å². The minimum absolute atomic E-state index is 0.0763. The smallest absolute Gasteiger partial charge is 0.138 e. The first-order valence-electron chi connectivity index (χ1n) is 5.59. The standard InChI is InChI=1S/C14H11ClN2O/c1-8-2-4-11-12(6-8)17-14(16-11)9-3-5-13(18)10(15)7-9/h2-7,18H,1H3,(H,16,17). The van der Waals surface area contributed by atoms with Crippen LogP contribution in [-0.2, 0) is 0 Å². The Morgan fingerprint density at radius 2 is 2.00 bits per heavy atom. The molecule has 0 radical (unpaired) electrons. The molecule has 0 aliphatic carbocycles. The van der Waals surface area contributed by atoms with Gasteiger partial charge < -0.3 is 10.1 Å². The molecular weight excluding hydrogens is 248 g/mol. The molecule has 0 unspecified atom stereocenters. The normalized spacial score (nSPS) is 11.0. The Kier molecular flexibility index (Phi) is 2.49. The van der Waals surface area contributed by atoms with Crippen LogP contribution < -0.4 is 0 Å². The van der Waals surface area contributed by atoms with Gasteiger partial charge in [-0.1, -0.05) is 17.7 Å². The molecule has 0 aliphatic heterocycles. The predicted molar refractivity (Wildman–Crippen MR) is 72.9 cm³/mol. The summed E-state index contributed by atoms with van der Waals surface area (Å²) in [4.78, 5) is 7.75. The minimum atomic E-state index is 0.0763. The number of hydrogen-bond donors (Lipinski definition) is 2. The fourth-order valence-electron chi connectivity index (χ4n) is 1.91. The Bertz CT molecular complexity index is 734. The average Bonchev–Trinajstić information content (AvgIpc) is 2.75. The number of phenolic OH excluding ortho intramolecular Hbond substituents is 1. The van der Waals surface area contributed by atoms with Crippen molar-refractivity contribution < 1.29 is 5.11 Å². The summed E-state index contributed by atoms with van der Waals surface area (Å²) in [5.74, 6) is 0.824. The van der Waals surface area contributed by atoms with Crippen LogP contribution in [0.5, 0.6) is 5.75 Å². The van der Waals surface area contributed by atoms with Crippen LogP contribution in [0.1, 0.15) is 5.56 Å². The molecule has 18 heavy (non-hydrogen) atoms. The maximum Gasteiger partial charge on any atom is 0.138 e. The van der Waals surface area contributed by atoms with Gasteiger partial charge in [0, 0.05) is 5.56 Å². The van der Waals surface area contributed by atoms with Crippen molar-refractivity contribution >= 4 is 22.6 Å². The molecule has 90 valence electrons. The van der Waals surface area contributed by atoms with Crippen LogP contribution in [0.2, 0.25) is 5.02 Å². The SMILES string of the molecule is Cc1ccc2nc(-c3ccc(O)c(Cl)c3)[nH]c2c1. The van der Waals surface area contributed by atoms with Crippen LogP contribution in [0.15, 0.2) is 36.4 Å². The highest BCUT2D eigenvalue weighted by atomic mass is 35.5. The summed E-state index contributed by atoms with van der Waals surface area (Å²) in [5.41, 5.74) is 3.95. The van der Waals surface area contributed by atoms with Crippen LogP contribution in [-0.4, -0.2) is 15.1 Å². The van der Waals surface area contributed by atoms with E-state index in [4.69, 9.17) is 11.6 Å². The van der Waals surface area contributed by atoms with E-state index in [1.807, 2.05) is 25.1 Å². The van der Waals surface area contributed by atoms with Crippen LogP contribution >= 0.6 is 11.6 Å². The van der Waals surface area contributed by atoms with E-state index < -0.39 is 0 Å². The molecule has 0 amide bonds. The topological polar surface area (TPSA) is 48.9 Å². The summed E-state index contributed by atoms with van der Waals surface area (Å²) in [7, 11) is 0. The zero-order valence-electron chi connectivity index (χ0n) is 9.74. The molecule has 1 heterocycles. The van der Waals surface area contributed by atoms with E-state index >= 15 is 0 Å². The average molecular weight is 259 g/mol. The fraction of sp³-hybridized carbons (Fsp3) is 0.0714. The Morgan fingerprint density at radius 3 is 2.78 bits per heavy atom. The number of nitrogens with zero attached hydrogens (tertiary/aromatic N) is 1. The number of fused-ring (bicyclic) bond motifs is 1. The number of aromatic nitrogens is 2. The minimum Gasteiger partial charge on any atom is -0.506 e. The quantitative estimate of drug-likeness (QED) is 0.695. The van der Waals surface area contributed by atoms with Gasteiger partial charge >= 0.3 is 0 Å². The number of nitrogens with one attached hydrogen (secondary N) is 1. The summed E-state index contributed by atoms with van der Waals surface area (Å²) in [5, 5.41) is 9.73. The molecule has 3 nitrogen and oxygen atoms in total. The van der Waals surface area contributed by atoms with Gasteiger partial charge in [0.15, 0.2) is 0 Å². The van der Waals surface area contributed by atoms with Crippen molar-refractivity contribution in [2.75, 3.05) is 0 Å². The van der Waals surface area contributed by atoms with Crippen LogP contribution in [0.3, 0.4) is 0 Å². The van der Waals surface area contributed by atoms with Gasteiger partial charge in [-0.15, -0.1) is 0 Å². The third kappa shape index (κ3) is 1.83. The molecule has 0 saturated heterocycles. The molecule has 3 rings (SSSR count). The second-order valence-corrected chi connectivity index (χ2v) is 4.68. The monoisotopic (exact) mass is 258 g/mol. The molecule has 0 spiro atoms. The van der Waals surface area contributed by atoms with Crippen molar-refractivity contribution in [3.05, 3.63) is 47.0 Å². The van der Waals surface area contributed by atoms with Gasteiger partial charge in [0.2, 0.25) is 0 Å². The van der Waals surface area contributed by atoms with Gasteiger partial charge in [-0.25, -0.2) is 4.98 Å². The molecule has 4 heteroatoms. The number of halogens is 1. The third-order valence-electron chi connectivity index (χ3n) is 2.86. The second kappa shape index (κ2) is 4.03. The zero-order chi connectivity index (χ0) is 12.7. The summed E-state index contributed by atoms with van der Waals surface area (Å²) in [6.07, 6.45) is 0. The largest absolute Gasteiger partial charge is 0.506 e. The van der Waals surface area contributed by atoms with Gasteiger partial charge in [0.25, 0.3) is 0 Å². The van der Waals surface area contributed by atoms with Gasteiger partial charge in [-0.05, 0) is 42.8 Å². The van der Waals surface area contributed by atoms with Crippen LogP contribution in [0, 0.1) is 6.92 Å². The number of hydrogen-bond acceptors (Lipinski definition) is 2. The Hall–Kier alpha value is -2.00. The van der Waals surface area contributed by atoms with Gasteiger partial charge in [0.1, 0.15) is 11.6 Å². The van der Waals surface area contributed by atoms with Crippen molar-refractivity contribution in [1.82, 2.24) is 9.97 Å². The molecule has 0 fully saturated rings. The highest BCUT2D eigenvalue weighted by molar-refractivity contribution is 6.32. The molecule has 0 saturated carbocycles. The number of H-pyrrole nitrogens is 1. The van der Waals surface area contributed by atoms with Crippen molar-refractivity contribution in [3.63, 3.8) is 0 Å². The van der Waals surface area contributed by atoms with E-state index in [-0.39, 0.29) is 5.75 Å².